The molecule has 0 saturated heterocycles. The molecule has 162 valence electrons. The van der Waals surface area contributed by atoms with E-state index in [1.807, 2.05) is 13.8 Å². The van der Waals surface area contributed by atoms with Crippen molar-refractivity contribution in [2.45, 2.75) is 40.0 Å². The van der Waals surface area contributed by atoms with E-state index in [-0.39, 0.29) is 40.1 Å². The van der Waals surface area contributed by atoms with Gasteiger partial charge in [-0.05, 0) is 32.0 Å². The van der Waals surface area contributed by atoms with E-state index in [1.54, 1.807) is 20.9 Å². The van der Waals surface area contributed by atoms with E-state index in [9.17, 15) is 17.6 Å². The maximum Gasteiger partial charge on any atom is 0.418 e. The van der Waals surface area contributed by atoms with Crippen LogP contribution in [0.2, 0.25) is 0 Å². The molecule has 0 unspecified atom stereocenters. The number of benzene rings is 1. The summed E-state index contributed by atoms with van der Waals surface area (Å²) in [5.41, 5.74) is 5.12. The van der Waals surface area contributed by atoms with Crippen LogP contribution >= 0.6 is 0 Å². The third-order valence-corrected chi connectivity index (χ3v) is 3.93. The molecule has 0 fully saturated rings. The Morgan fingerprint density at radius 2 is 1.77 bits per heavy atom. The van der Waals surface area contributed by atoms with Crippen LogP contribution in [0.1, 0.15) is 33.3 Å². The number of rotatable bonds is 4. The van der Waals surface area contributed by atoms with E-state index < -0.39 is 17.6 Å². The van der Waals surface area contributed by atoms with Crippen LogP contribution in [0.5, 0.6) is 5.75 Å². The van der Waals surface area contributed by atoms with Gasteiger partial charge in [-0.3, -0.25) is 4.68 Å². The molecule has 2 heterocycles. The van der Waals surface area contributed by atoms with Crippen molar-refractivity contribution in [2.24, 2.45) is 7.05 Å². The largest absolute Gasteiger partial charge is 0.490 e. The number of aryl methyl sites for hydroxylation is 1. The highest BCUT2D eigenvalue weighted by molar-refractivity contribution is 5.82. The van der Waals surface area contributed by atoms with Crippen LogP contribution < -0.4 is 10.5 Å². The monoisotopic (exact) mass is 424 g/mol. The smallest absolute Gasteiger partial charge is 0.418 e. The molecule has 0 amide bonds. The van der Waals surface area contributed by atoms with Gasteiger partial charge in [0.15, 0.2) is 0 Å². The molecule has 0 saturated carbocycles. The lowest BCUT2D eigenvalue weighted by Gasteiger charge is -2.18. The van der Waals surface area contributed by atoms with Crippen LogP contribution in [0.3, 0.4) is 0 Å². The number of hydrogen-bond donors (Lipinski definition) is 1. The van der Waals surface area contributed by atoms with Crippen molar-refractivity contribution in [3.05, 3.63) is 48.0 Å². The van der Waals surface area contributed by atoms with E-state index >= 15 is 0 Å². The van der Waals surface area contributed by atoms with Crippen molar-refractivity contribution < 1.29 is 22.3 Å². The van der Waals surface area contributed by atoms with Gasteiger partial charge in [-0.15, -0.1) is 0 Å². The summed E-state index contributed by atoms with van der Waals surface area (Å²) in [6.45, 7) is 7.45. The van der Waals surface area contributed by atoms with Gasteiger partial charge < -0.3 is 10.5 Å². The summed E-state index contributed by atoms with van der Waals surface area (Å²) >= 11 is 0. The Hall–Kier alpha value is -3.10. The van der Waals surface area contributed by atoms with Crippen molar-refractivity contribution in [2.75, 3.05) is 5.73 Å². The number of nitrogens with zero attached hydrogens (tertiary/aromatic N) is 3. The molecule has 9 heteroatoms. The number of hydrogen-bond acceptors (Lipinski definition) is 4. The summed E-state index contributed by atoms with van der Waals surface area (Å²) in [4.78, 5) is 4.00. The summed E-state index contributed by atoms with van der Waals surface area (Å²) in [5, 5.41) is 3.89. The van der Waals surface area contributed by atoms with Gasteiger partial charge in [0.05, 0.1) is 23.6 Å². The Bertz CT molecular complexity index is 1010. The lowest BCUT2D eigenvalue weighted by Crippen LogP contribution is -2.12. The van der Waals surface area contributed by atoms with Gasteiger partial charge in [0.25, 0.3) is 0 Å². The van der Waals surface area contributed by atoms with Crippen LogP contribution in [0.15, 0.2) is 36.7 Å². The molecule has 3 rings (SSSR count). The molecule has 0 aliphatic rings. The number of nitrogens with two attached hydrogens (primary N) is 1. The first-order valence-corrected chi connectivity index (χ1v) is 9.39. The number of ether oxygens (including phenoxy) is 1. The van der Waals surface area contributed by atoms with Gasteiger partial charge in [0, 0.05) is 36.0 Å². The Labute approximate surface area is 172 Å². The van der Waals surface area contributed by atoms with Crippen LogP contribution in [0.25, 0.3) is 22.4 Å². The first-order valence-electron chi connectivity index (χ1n) is 9.39. The van der Waals surface area contributed by atoms with E-state index in [0.29, 0.717) is 0 Å². The molecule has 0 aliphatic heterocycles. The van der Waals surface area contributed by atoms with E-state index in [2.05, 4.69) is 10.1 Å². The van der Waals surface area contributed by atoms with E-state index in [1.165, 1.54) is 23.1 Å². The van der Waals surface area contributed by atoms with Crippen molar-refractivity contribution in [3.8, 4) is 28.1 Å². The molecular formula is C21H24F4N4O. The second kappa shape index (κ2) is 9.15. The zero-order valence-electron chi connectivity index (χ0n) is 17.4. The number of anilines is 1. The summed E-state index contributed by atoms with van der Waals surface area (Å²) in [6, 6.07) is 4.47. The van der Waals surface area contributed by atoms with Crippen molar-refractivity contribution >= 4 is 5.82 Å². The van der Waals surface area contributed by atoms with Crippen LogP contribution in [-0.4, -0.2) is 20.9 Å². The number of pyridine rings is 1. The molecule has 0 aliphatic carbocycles. The van der Waals surface area contributed by atoms with Crippen molar-refractivity contribution in [1.82, 2.24) is 14.8 Å². The average Bonchev–Trinajstić information content (AvgIpc) is 3.09. The molecular weight excluding hydrogens is 400 g/mol. The highest BCUT2D eigenvalue weighted by Gasteiger charge is 2.36. The fraction of sp³-hybridized carbons (Fsp3) is 0.333. The highest BCUT2D eigenvalue weighted by Crippen LogP contribution is 2.42. The number of nitrogen functional groups attached to an aromatic ring is 1. The van der Waals surface area contributed by atoms with Crippen molar-refractivity contribution in [3.63, 3.8) is 0 Å². The molecule has 2 N–H and O–H groups in total. The minimum Gasteiger partial charge on any atom is -0.490 e. The van der Waals surface area contributed by atoms with Crippen LogP contribution in [0.4, 0.5) is 23.4 Å². The molecule has 2 aromatic heterocycles. The minimum atomic E-state index is -4.68. The second-order valence-corrected chi connectivity index (χ2v) is 6.52. The van der Waals surface area contributed by atoms with Gasteiger partial charge in [0.1, 0.15) is 17.4 Å². The predicted molar refractivity (Wildman–Crippen MR) is 108 cm³/mol. The topological polar surface area (TPSA) is 66.0 Å². The molecule has 1 aromatic carbocycles. The molecule has 5 nitrogen and oxygen atoms in total. The van der Waals surface area contributed by atoms with Gasteiger partial charge >= 0.3 is 6.18 Å². The molecule has 30 heavy (non-hydrogen) atoms. The number of halogens is 4. The Morgan fingerprint density at radius 3 is 2.30 bits per heavy atom. The predicted octanol–water partition coefficient (Wildman–Crippen LogP) is 5.70. The molecule has 0 spiro atoms. The van der Waals surface area contributed by atoms with Gasteiger partial charge in [-0.2, -0.15) is 18.3 Å². The summed E-state index contributed by atoms with van der Waals surface area (Å²) < 4.78 is 61.8. The quantitative estimate of drug-likeness (QED) is 0.546. The van der Waals surface area contributed by atoms with Crippen LogP contribution in [0, 0.1) is 5.82 Å². The summed E-state index contributed by atoms with van der Waals surface area (Å²) in [5.74, 6) is -0.619. The molecule has 0 radical (unpaired) electrons. The fourth-order valence-electron chi connectivity index (χ4n) is 2.79. The summed E-state index contributed by atoms with van der Waals surface area (Å²) in [7, 11) is 1.59. The lowest BCUT2D eigenvalue weighted by atomic mass is 9.99. The zero-order chi connectivity index (χ0) is 22.6. The van der Waals surface area contributed by atoms with Gasteiger partial charge in [-0.1, -0.05) is 13.8 Å². The Balaban J connectivity index is 0.00000155. The molecule has 3 aromatic rings. The zero-order valence-corrected chi connectivity index (χ0v) is 17.4. The maximum atomic E-state index is 13.7. The number of aromatic nitrogens is 3. The lowest BCUT2D eigenvalue weighted by molar-refractivity contribution is -0.137. The first kappa shape index (κ1) is 23.2. The standard InChI is InChI=1S/C19H18F4N4O.C2H6/c1-10(2)28-16-6-12(20)4-5-13(16)14-7-15(19(21,22)23)17(26-18(14)24)11-8-25-27(3)9-11;1-2/h4-10H,1-3H3,(H2,24,26);1-2H3. The van der Waals surface area contributed by atoms with Crippen molar-refractivity contribution in [1.29, 1.82) is 0 Å². The normalized spacial score (nSPS) is 11.3. The van der Waals surface area contributed by atoms with Crippen LogP contribution in [-0.2, 0) is 13.2 Å². The average molecular weight is 424 g/mol. The summed E-state index contributed by atoms with van der Waals surface area (Å²) in [6.07, 6.45) is -2.30. The molecule has 0 bridgehead atoms. The third-order valence-electron chi connectivity index (χ3n) is 3.93. The molecule has 0 atom stereocenters. The van der Waals surface area contributed by atoms with E-state index in [0.717, 1.165) is 18.2 Å². The van der Waals surface area contributed by atoms with Gasteiger partial charge in [0.2, 0.25) is 0 Å². The first-order chi connectivity index (χ1) is 14.1. The number of alkyl halides is 3. The van der Waals surface area contributed by atoms with E-state index in [4.69, 9.17) is 10.5 Å². The Kier molecular flexibility index (Phi) is 7.07. The third kappa shape index (κ3) is 5.08. The second-order valence-electron chi connectivity index (χ2n) is 6.52. The maximum absolute atomic E-state index is 13.7. The van der Waals surface area contributed by atoms with Gasteiger partial charge in [-0.25, -0.2) is 9.37 Å². The SMILES string of the molecule is CC.CC(C)Oc1cc(F)ccc1-c1cc(C(F)(F)F)c(-c2cnn(C)c2)nc1N. The minimum absolute atomic E-state index is 0.00983. The Morgan fingerprint density at radius 1 is 1.10 bits per heavy atom. The highest BCUT2D eigenvalue weighted by atomic mass is 19.4. The fourth-order valence-corrected chi connectivity index (χ4v) is 2.79.